The Bertz CT molecular complexity index is 859. The van der Waals surface area contributed by atoms with Gasteiger partial charge in [-0.2, -0.15) is 8.78 Å². The number of alkyl halides is 2. The minimum atomic E-state index is -3.44. The Kier molecular flexibility index (Phi) is 7.23. The second-order valence-electron chi connectivity index (χ2n) is 6.80. The van der Waals surface area contributed by atoms with Crippen molar-refractivity contribution in [2.75, 3.05) is 13.2 Å². The van der Waals surface area contributed by atoms with Gasteiger partial charge >= 0.3 is 12.0 Å². The van der Waals surface area contributed by atoms with E-state index in [1.165, 1.54) is 35.2 Å². The number of aromatic nitrogens is 4. The lowest BCUT2D eigenvalue weighted by Crippen LogP contribution is -2.34. The summed E-state index contributed by atoms with van der Waals surface area (Å²) in [6.45, 7) is 0.431. The van der Waals surface area contributed by atoms with Crippen molar-refractivity contribution in [1.82, 2.24) is 25.5 Å². The lowest BCUT2D eigenvalue weighted by atomic mass is 10.0. The number of hydrogen-bond acceptors (Lipinski definition) is 6. The van der Waals surface area contributed by atoms with Crippen LogP contribution in [0.5, 0.6) is 0 Å². The highest BCUT2D eigenvalue weighted by atomic mass is 19.3. The number of aliphatic hydroxyl groups is 1. The van der Waals surface area contributed by atoms with E-state index in [0.29, 0.717) is 25.2 Å². The first kappa shape index (κ1) is 21.6. The lowest BCUT2D eigenvalue weighted by molar-refractivity contribution is -0.0929. The molecule has 0 spiro atoms. The molecule has 0 saturated carbocycles. The van der Waals surface area contributed by atoms with E-state index < -0.39 is 24.2 Å². The molecule has 0 radical (unpaired) electrons. The summed E-state index contributed by atoms with van der Waals surface area (Å²) in [5, 5.41) is 23.4. The number of H-pyrrole nitrogens is 1. The minimum Gasteiger partial charge on any atom is -0.447 e. The van der Waals surface area contributed by atoms with Crippen molar-refractivity contribution in [1.29, 1.82) is 0 Å². The van der Waals surface area contributed by atoms with Gasteiger partial charge in [-0.25, -0.2) is 9.89 Å². The summed E-state index contributed by atoms with van der Waals surface area (Å²) in [7, 11) is 0. The first-order valence-electron chi connectivity index (χ1n) is 9.59. The fourth-order valence-corrected chi connectivity index (χ4v) is 3.02. The van der Waals surface area contributed by atoms with E-state index in [1.54, 1.807) is 6.07 Å². The third kappa shape index (κ3) is 5.47. The van der Waals surface area contributed by atoms with Gasteiger partial charge in [0, 0.05) is 18.5 Å². The Balaban J connectivity index is 1.50. The van der Waals surface area contributed by atoms with E-state index in [9.17, 15) is 18.7 Å². The van der Waals surface area contributed by atoms with Crippen LogP contribution in [0.25, 0.3) is 0 Å². The quantitative estimate of drug-likeness (QED) is 0.574. The number of aryl methyl sites for hydroxylation is 1. The van der Waals surface area contributed by atoms with Crippen LogP contribution in [0.3, 0.4) is 0 Å². The number of cyclic esters (lactones) is 1. The van der Waals surface area contributed by atoms with E-state index in [-0.39, 0.29) is 12.2 Å². The van der Waals surface area contributed by atoms with E-state index in [4.69, 9.17) is 4.74 Å². The molecule has 2 N–H and O–H groups in total. The molecule has 2 heterocycles. The van der Waals surface area contributed by atoms with Crippen LogP contribution >= 0.6 is 0 Å². The zero-order valence-electron chi connectivity index (χ0n) is 16.2. The highest BCUT2D eigenvalue weighted by Crippen LogP contribution is 2.32. The van der Waals surface area contributed by atoms with Crippen molar-refractivity contribution in [3.63, 3.8) is 0 Å². The third-order valence-electron chi connectivity index (χ3n) is 4.70. The predicted molar refractivity (Wildman–Crippen MR) is 104 cm³/mol. The smallest absolute Gasteiger partial charge is 0.410 e. The molecular weight excluding hydrogens is 396 g/mol. The largest absolute Gasteiger partial charge is 0.447 e. The third-order valence-corrected chi connectivity index (χ3v) is 4.70. The first-order chi connectivity index (χ1) is 14.5. The summed E-state index contributed by atoms with van der Waals surface area (Å²) in [5.41, 5.74) is -0.274. The average Bonchev–Trinajstić information content (AvgIpc) is 3.39. The van der Waals surface area contributed by atoms with Gasteiger partial charge in [-0.15, -0.1) is 5.10 Å². The number of halogens is 2. The van der Waals surface area contributed by atoms with Gasteiger partial charge in [-0.05, 0) is 23.3 Å². The predicted octanol–water partition coefficient (Wildman–Crippen LogP) is 2.61. The zero-order valence-corrected chi connectivity index (χ0v) is 16.2. The number of aromatic amines is 1. The topological polar surface area (TPSA) is 104 Å². The summed E-state index contributed by atoms with van der Waals surface area (Å²) in [6.07, 6.45) is 5.78. The maximum Gasteiger partial charge on any atom is 0.410 e. The number of aliphatic hydroxyl groups excluding tert-OH is 1. The molecule has 1 amide bonds. The second kappa shape index (κ2) is 10.1. The van der Waals surface area contributed by atoms with Gasteiger partial charge in [-0.3, -0.25) is 4.90 Å². The first-order valence-corrected chi connectivity index (χ1v) is 9.59. The second-order valence-corrected chi connectivity index (χ2v) is 6.80. The van der Waals surface area contributed by atoms with Crippen molar-refractivity contribution in [3.8, 4) is 0 Å². The monoisotopic (exact) mass is 419 g/mol. The maximum absolute atomic E-state index is 14.4. The molecule has 1 aliphatic rings. The number of ether oxygens (including phenoxy) is 1. The molecule has 1 aromatic heterocycles. The van der Waals surface area contributed by atoms with E-state index in [2.05, 4.69) is 20.6 Å². The van der Waals surface area contributed by atoms with Gasteiger partial charge in [0.1, 0.15) is 18.5 Å². The number of nitrogens with one attached hydrogen (secondary N) is 1. The molecule has 1 aliphatic heterocycles. The maximum atomic E-state index is 14.4. The van der Waals surface area contributed by atoms with Gasteiger partial charge in [0.25, 0.3) is 0 Å². The zero-order chi connectivity index (χ0) is 21.4. The van der Waals surface area contributed by atoms with Crippen LogP contribution in [-0.4, -0.2) is 62.0 Å². The molecule has 10 heteroatoms. The Morgan fingerprint density at radius 1 is 1.30 bits per heavy atom. The standard InChI is InChI=1S/C20H23F2N5O3/c21-20(22,15-8-4-3-5-9-15)17(28)12-11-16-14-30-19(29)27(16)13-7-2-1-6-10-18-23-25-26-24-18/h1-5,8-9,11-12,16-17,28H,6-7,10,13-14H2,(H,23,24,25,26)/b2-1+,12-11+. The van der Waals surface area contributed by atoms with E-state index in [1.807, 2.05) is 12.2 Å². The molecule has 2 unspecified atom stereocenters. The molecule has 2 atom stereocenters. The van der Waals surface area contributed by atoms with Crippen LogP contribution < -0.4 is 0 Å². The van der Waals surface area contributed by atoms with Crippen LogP contribution in [0, 0.1) is 0 Å². The van der Waals surface area contributed by atoms with Gasteiger partial charge in [0.2, 0.25) is 0 Å². The van der Waals surface area contributed by atoms with Crippen LogP contribution in [0.2, 0.25) is 0 Å². The molecule has 1 fully saturated rings. The average molecular weight is 419 g/mol. The Labute approximate surface area is 172 Å². The highest BCUT2D eigenvalue weighted by molar-refractivity contribution is 5.70. The summed E-state index contributed by atoms with van der Waals surface area (Å²) >= 11 is 0. The van der Waals surface area contributed by atoms with Gasteiger partial charge < -0.3 is 9.84 Å². The van der Waals surface area contributed by atoms with Crippen LogP contribution in [0.15, 0.2) is 54.6 Å². The molecule has 2 aromatic rings. The van der Waals surface area contributed by atoms with Crippen molar-refractivity contribution >= 4 is 6.09 Å². The molecular formula is C20H23F2N5O3. The molecule has 0 bridgehead atoms. The number of amides is 1. The lowest BCUT2D eigenvalue weighted by Gasteiger charge is -2.22. The van der Waals surface area contributed by atoms with E-state index >= 15 is 0 Å². The Morgan fingerprint density at radius 3 is 2.80 bits per heavy atom. The fourth-order valence-electron chi connectivity index (χ4n) is 3.02. The fraction of sp³-hybridized carbons (Fsp3) is 0.400. The van der Waals surface area contributed by atoms with Gasteiger partial charge in [-0.1, -0.05) is 54.6 Å². The molecule has 0 aliphatic carbocycles. The van der Waals surface area contributed by atoms with Crippen molar-refractivity contribution in [2.24, 2.45) is 0 Å². The number of tetrazole rings is 1. The minimum absolute atomic E-state index is 0.0567. The van der Waals surface area contributed by atoms with Crippen molar-refractivity contribution in [3.05, 3.63) is 66.0 Å². The van der Waals surface area contributed by atoms with Gasteiger partial charge in [0.05, 0.1) is 6.04 Å². The van der Waals surface area contributed by atoms with Crippen LogP contribution in [0.4, 0.5) is 13.6 Å². The number of carbonyl (C=O) groups excluding carboxylic acids is 1. The normalized spacial score (nSPS) is 18.4. The number of nitrogens with zero attached hydrogens (tertiary/aromatic N) is 4. The molecule has 1 saturated heterocycles. The summed E-state index contributed by atoms with van der Waals surface area (Å²) in [5.74, 6) is -2.74. The SMILES string of the molecule is O=C1OCC(/C=C/C(O)C(F)(F)c2ccccc2)N1CC/C=C/CCc1nnn[nH]1. The highest BCUT2D eigenvalue weighted by Gasteiger charge is 2.39. The molecule has 3 rings (SSSR count). The number of benzene rings is 1. The summed E-state index contributed by atoms with van der Waals surface area (Å²) < 4.78 is 33.8. The van der Waals surface area contributed by atoms with Gasteiger partial charge in [0.15, 0.2) is 0 Å². The Hall–Kier alpha value is -3.14. The summed E-state index contributed by atoms with van der Waals surface area (Å²) in [4.78, 5) is 13.4. The van der Waals surface area contributed by atoms with Crippen LogP contribution in [0.1, 0.15) is 24.2 Å². The number of hydrogen-bond donors (Lipinski definition) is 2. The molecule has 1 aromatic carbocycles. The number of allylic oxidation sites excluding steroid dienone is 1. The van der Waals surface area contributed by atoms with Crippen molar-refractivity contribution in [2.45, 2.75) is 37.3 Å². The molecule has 8 nitrogen and oxygen atoms in total. The molecule has 30 heavy (non-hydrogen) atoms. The molecule has 160 valence electrons. The summed E-state index contributed by atoms with van der Waals surface area (Å²) in [6, 6.07) is 6.61. The van der Waals surface area contributed by atoms with Crippen molar-refractivity contribution < 1.29 is 23.4 Å². The van der Waals surface area contributed by atoms with E-state index in [0.717, 1.165) is 12.5 Å². The number of carbonyl (C=O) groups is 1. The Morgan fingerprint density at radius 2 is 2.07 bits per heavy atom. The van der Waals surface area contributed by atoms with Crippen LogP contribution in [-0.2, 0) is 17.1 Å². The number of rotatable bonds is 10.